The second-order valence-electron chi connectivity index (χ2n) is 6.34. The van der Waals surface area contributed by atoms with Gasteiger partial charge in [0, 0.05) is 20.2 Å². The van der Waals surface area contributed by atoms with Crippen molar-refractivity contribution in [1.29, 1.82) is 0 Å². The molecule has 4 rings (SSSR count). The van der Waals surface area contributed by atoms with Crippen molar-refractivity contribution in [1.82, 2.24) is 14.9 Å². The van der Waals surface area contributed by atoms with E-state index in [-0.39, 0.29) is 22.9 Å². The lowest BCUT2D eigenvalue weighted by Gasteiger charge is -2.12. The van der Waals surface area contributed by atoms with Gasteiger partial charge in [0.15, 0.2) is 5.69 Å². The molecule has 9 nitrogen and oxygen atoms in total. The number of hydroxylamine groups is 2. The standard InChI is InChI=1S/C18H17N3O6/c1-25-11-6-7-20(8-11)9-15-19-14(10-26-15)18(24)27-21-16(22)12-4-2-3-5-13(12)17(21)23/h2-5,10-11H,6-9H2,1H3/t11-/m0/s1. The zero-order valence-electron chi connectivity index (χ0n) is 14.6. The summed E-state index contributed by atoms with van der Waals surface area (Å²) in [7, 11) is 1.67. The molecular formula is C18H17N3O6. The third kappa shape index (κ3) is 3.22. The summed E-state index contributed by atoms with van der Waals surface area (Å²) in [5.74, 6) is -1.96. The first-order valence-electron chi connectivity index (χ1n) is 8.46. The third-order valence-electron chi connectivity index (χ3n) is 4.61. The van der Waals surface area contributed by atoms with Gasteiger partial charge in [-0.3, -0.25) is 14.5 Å². The molecule has 2 aromatic rings. The van der Waals surface area contributed by atoms with E-state index in [9.17, 15) is 14.4 Å². The molecule has 27 heavy (non-hydrogen) atoms. The Balaban J connectivity index is 1.41. The first-order valence-corrected chi connectivity index (χ1v) is 8.46. The van der Waals surface area contributed by atoms with Gasteiger partial charge in [-0.15, -0.1) is 0 Å². The van der Waals surface area contributed by atoms with Crippen LogP contribution in [0.3, 0.4) is 0 Å². The highest BCUT2D eigenvalue weighted by Crippen LogP contribution is 2.23. The summed E-state index contributed by atoms with van der Waals surface area (Å²) in [6.45, 7) is 2.03. The number of fused-ring (bicyclic) bond motifs is 1. The van der Waals surface area contributed by atoms with Crippen molar-refractivity contribution in [2.45, 2.75) is 19.1 Å². The van der Waals surface area contributed by atoms with Crippen LogP contribution in [0.15, 0.2) is 34.9 Å². The van der Waals surface area contributed by atoms with E-state index in [1.807, 2.05) is 0 Å². The summed E-state index contributed by atoms with van der Waals surface area (Å²) in [4.78, 5) is 47.9. The summed E-state index contributed by atoms with van der Waals surface area (Å²) >= 11 is 0. The molecule has 2 aliphatic rings. The van der Waals surface area contributed by atoms with Crippen LogP contribution in [0.4, 0.5) is 0 Å². The van der Waals surface area contributed by atoms with Gasteiger partial charge in [0.25, 0.3) is 11.8 Å². The fraction of sp³-hybridized carbons (Fsp3) is 0.333. The molecule has 2 aliphatic heterocycles. The summed E-state index contributed by atoms with van der Waals surface area (Å²) in [5.41, 5.74) is 0.278. The van der Waals surface area contributed by atoms with Crippen LogP contribution < -0.4 is 0 Å². The number of nitrogens with zero attached hydrogens (tertiary/aromatic N) is 3. The highest BCUT2D eigenvalue weighted by Gasteiger charge is 2.39. The second-order valence-corrected chi connectivity index (χ2v) is 6.34. The minimum Gasteiger partial charge on any atom is -0.447 e. The minimum atomic E-state index is -0.935. The first-order chi connectivity index (χ1) is 13.1. The number of rotatable bonds is 5. The van der Waals surface area contributed by atoms with Crippen LogP contribution in [0, 0.1) is 0 Å². The Hall–Kier alpha value is -3.04. The SMILES string of the molecule is CO[C@H]1CCN(Cc2nc(C(=O)ON3C(=O)c4ccccc4C3=O)co2)C1. The summed E-state index contributed by atoms with van der Waals surface area (Å²) in [6, 6.07) is 6.26. The van der Waals surface area contributed by atoms with Gasteiger partial charge in [0.1, 0.15) is 6.26 Å². The number of carbonyl (C=O) groups is 3. The highest BCUT2D eigenvalue weighted by atomic mass is 16.7. The van der Waals surface area contributed by atoms with E-state index in [1.54, 1.807) is 19.2 Å². The number of amides is 2. The van der Waals surface area contributed by atoms with Gasteiger partial charge in [0.05, 0.1) is 23.8 Å². The molecule has 0 saturated carbocycles. The van der Waals surface area contributed by atoms with E-state index >= 15 is 0 Å². The first kappa shape index (κ1) is 17.4. The zero-order chi connectivity index (χ0) is 19.0. The number of aromatic nitrogens is 1. The lowest BCUT2D eigenvalue weighted by atomic mass is 10.1. The van der Waals surface area contributed by atoms with Crippen LogP contribution in [0.1, 0.15) is 43.5 Å². The second kappa shape index (κ2) is 6.93. The zero-order valence-corrected chi connectivity index (χ0v) is 14.6. The Bertz CT molecular complexity index is 873. The van der Waals surface area contributed by atoms with Crippen molar-refractivity contribution in [2.24, 2.45) is 0 Å². The Morgan fingerprint density at radius 3 is 2.59 bits per heavy atom. The van der Waals surface area contributed by atoms with Gasteiger partial charge in [-0.1, -0.05) is 17.2 Å². The number of hydrogen-bond donors (Lipinski definition) is 0. The van der Waals surface area contributed by atoms with Crippen molar-refractivity contribution >= 4 is 17.8 Å². The monoisotopic (exact) mass is 371 g/mol. The molecule has 1 aromatic heterocycles. The van der Waals surface area contributed by atoms with E-state index in [0.717, 1.165) is 25.8 Å². The average Bonchev–Trinajstić information content (AvgIpc) is 3.39. The number of oxazole rings is 1. The Morgan fingerprint density at radius 2 is 1.96 bits per heavy atom. The molecule has 1 atom stereocenters. The number of benzene rings is 1. The number of likely N-dealkylation sites (tertiary alicyclic amines) is 1. The summed E-state index contributed by atoms with van der Waals surface area (Å²) < 4.78 is 10.6. The maximum absolute atomic E-state index is 12.3. The number of methoxy groups -OCH3 is 1. The largest absolute Gasteiger partial charge is 0.447 e. The third-order valence-corrected chi connectivity index (χ3v) is 4.61. The smallest absolute Gasteiger partial charge is 0.385 e. The quantitative estimate of drug-likeness (QED) is 0.724. The lowest BCUT2D eigenvalue weighted by molar-refractivity contribution is -0.0588. The topological polar surface area (TPSA) is 102 Å². The van der Waals surface area contributed by atoms with E-state index in [1.165, 1.54) is 12.1 Å². The molecule has 0 radical (unpaired) electrons. The summed E-state index contributed by atoms with van der Waals surface area (Å²) in [5, 5.41) is 0.449. The average molecular weight is 371 g/mol. The number of carbonyl (C=O) groups excluding carboxylic acids is 3. The molecular weight excluding hydrogens is 354 g/mol. The maximum atomic E-state index is 12.3. The molecule has 0 bridgehead atoms. The molecule has 0 spiro atoms. The molecule has 1 aromatic carbocycles. The molecule has 9 heteroatoms. The molecule has 0 unspecified atom stereocenters. The molecule has 1 fully saturated rings. The van der Waals surface area contributed by atoms with E-state index in [2.05, 4.69) is 9.88 Å². The van der Waals surface area contributed by atoms with Crippen molar-refractivity contribution in [2.75, 3.05) is 20.2 Å². The van der Waals surface area contributed by atoms with Gasteiger partial charge >= 0.3 is 5.97 Å². The number of ether oxygens (including phenoxy) is 1. The normalized spacial score (nSPS) is 19.6. The van der Waals surface area contributed by atoms with Crippen LogP contribution in [0.2, 0.25) is 0 Å². The fourth-order valence-electron chi connectivity index (χ4n) is 3.18. The van der Waals surface area contributed by atoms with E-state index in [0.29, 0.717) is 17.5 Å². The van der Waals surface area contributed by atoms with Gasteiger partial charge in [-0.2, -0.15) is 0 Å². The Morgan fingerprint density at radius 1 is 1.26 bits per heavy atom. The molecule has 3 heterocycles. The van der Waals surface area contributed by atoms with Crippen molar-refractivity contribution < 1.29 is 28.4 Å². The number of imide groups is 1. The fourth-order valence-corrected chi connectivity index (χ4v) is 3.18. The van der Waals surface area contributed by atoms with Gasteiger partial charge < -0.3 is 14.0 Å². The van der Waals surface area contributed by atoms with Crippen LogP contribution in [0.25, 0.3) is 0 Å². The van der Waals surface area contributed by atoms with E-state index in [4.69, 9.17) is 14.0 Å². The van der Waals surface area contributed by atoms with Crippen molar-refractivity contribution in [3.05, 3.63) is 53.2 Å². The molecule has 1 saturated heterocycles. The maximum Gasteiger partial charge on any atom is 0.385 e. The van der Waals surface area contributed by atoms with Crippen LogP contribution >= 0.6 is 0 Å². The lowest BCUT2D eigenvalue weighted by Crippen LogP contribution is -2.32. The Labute approximate surface area is 154 Å². The minimum absolute atomic E-state index is 0.107. The molecule has 140 valence electrons. The van der Waals surface area contributed by atoms with Crippen LogP contribution in [0.5, 0.6) is 0 Å². The molecule has 2 amide bonds. The van der Waals surface area contributed by atoms with Gasteiger partial charge in [-0.25, -0.2) is 9.78 Å². The van der Waals surface area contributed by atoms with Crippen LogP contribution in [-0.4, -0.2) is 59.0 Å². The number of hydrogen-bond acceptors (Lipinski definition) is 8. The highest BCUT2D eigenvalue weighted by molar-refractivity contribution is 6.21. The van der Waals surface area contributed by atoms with Gasteiger partial charge in [-0.05, 0) is 18.6 Å². The van der Waals surface area contributed by atoms with Crippen molar-refractivity contribution in [3.63, 3.8) is 0 Å². The Kier molecular flexibility index (Phi) is 4.46. The predicted molar refractivity (Wildman–Crippen MR) is 89.6 cm³/mol. The summed E-state index contributed by atoms with van der Waals surface area (Å²) in [6.07, 6.45) is 2.25. The van der Waals surface area contributed by atoms with Gasteiger partial charge in [0.2, 0.25) is 5.89 Å². The molecule has 0 aliphatic carbocycles. The van der Waals surface area contributed by atoms with Crippen molar-refractivity contribution in [3.8, 4) is 0 Å². The van der Waals surface area contributed by atoms with Crippen LogP contribution in [-0.2, 0) is 16.1 Å². The molecule has 0 N–H and O–H groups in total. The van der Waals surface area contributed by atoms with E-state index < -0.39 is 17.8 Å². The predicted octanol–water partition coefficient (Wildman–Crippen LogP) is 1.26.